The van der Waals surface area contributed by atoms with Crippen molar-refractivity contribution in [3.8, 4) is 0 Å². The van der Waals surface area contributed by atoms with Gasteiger partial charge in [-0.25, -0.2) is 0 Å². The van der Waals surface area contributed by atoms with E-state index in [1.165, 1.54) is 11.3 Å². The summed E-state index contributed by atoms with van der Waals surface area (Å²) in [7, 11) is 2.16. The Bertz CT molecular complexity index is 379. The molecule has 0 bridgehead atoms. The number of hydrogen-bond donors (Lipinski definition) is 1. The zero-order valence-corrected chi connectivity index (χ0v) is 12.7. The predicted octanol–water partition coefficient (Wildman–Crippen LogP) is 3.97. The SMILES string of the molecule is CCC(N)c1ccccc1N(C)C(C)C(C)(C)C. The summed E-state index contributed by atoms with van der Waals surface area (Å²) >= 11 is 0. The van der Waals surface area contributed by atoms with Crippen LogP contribution in [0.2, 0.25) is 0 Å². The van der Waals surface area contributed by atoms with Crippen LogP contribution in [-0.2, 0) is 0 Å². The number of anilines is 1. The van der Waals surface area contributed by atoms with Gasteiger partial charge in [0.05, 0.1) is 0 Å². The van der Waals surface area contributed by atoms with E-state index in [-0.39, 0.29) is 11.5 Å². The lowest BCUT2D eigenvalue weighted by Gasteiger charge is -2.38. The lowest BCUT2D eigenvalue weighted by Crippen LogP contribution is -2.40. The first kappa shape index (κ1) is 15.0. The van der Waals surface area contributed by atoms with Gasteiger partial charge < -0.3 is 10.6 Å². The first-order chi connectivity index (χ1) is 8.29. The van der Waals surface area contributed by atoms with Crippen LogP contribution in [0.1, 0.15) is 52.6 Å². The van der Waals surface area contributed by atoms with E-state index < -0.39 is 0 Å². The number of nitrogens with zero attached hydrogens (tertiary/aromatic N) is 1. The van der Waals surface area contributed by atoms with E-state index in [2.05, 4.69) is 70.8 Å². The van der Waals surface area contributed by atoms with Gasteiger partial charge in [0, 0.05) is 24.8 Å². The maximum atomic E-state index is 6.22. The molecule has 0 aromatic heterocycles. The highest BCUT2D eigenvalue weighted by atomic mass is 15.1. The van der Waals surface area contributed by atoms with Crippen LogP contribution in [0.5, 0.6) is 0 Å². The van der Waals surface area contributed by atoms with Crippen LogP contribution in [0, 0.1) is 5.41 Å². The molecule has 0 radical (unpaired) electrons. The fraction of sp³-hybridized carbons (Fsp3) is 0.625. The molecule has 1 aromatic carbocycles. The zero-order valence-electron chi connectivity index (χ0n) is 12.7. The van der Waals surface area contributed by atoms with E-state index in [1.807, 2.05) is 0 Å². The van der Waals surface area contributed by atoms with Crippen LogP contribution >= 0.6 is 0 Å². The van der Waals surface area contributed by atoms with Gasteiger partial charge in [-0.1, -0.05) is 45.9 Å². The van der Waals surface area contributed by atoms with E-state index in [0.29, 0.717) is 6.04 Å². The quantitative estimate of drug-likeness (QED) is 0.873. The van der Waals surface area contributed by atoms with Gasteiger partial charge in [-0.2, -0.15) is 0 Å². The molecule has 2 heteroatoms. The van der Waals surface area contributed by atoms with Crippen LogP contribution < -0.4 is 10.6 Å². The molecule has 0 fully saturated rings. The minimum atomic E-state index is 0.121. The predicted molar refractivity (Wildman–Crippen MR) is 81.0 cm³/mol. The van der Waals surface area contributed by atoms with Gasteiger partial charge in [-0.15, -0.1) is 0 Å². The summed E-state index contributed by atoms with van der Waals surface area (Å²) in [6, 6.07) is 9.07. The van der Waals surface area contributed by atoms with Gasteiger partial charge in [0.2, 0.25) is 0 Å². The molecule has 0 aliphatic heterocycles. The van der Waals surface area contributed by atoms with Crippen molar-refractivity contribution in [2.24, 2.45) is 11.1 Å². The molecule has 0 spiro atoms. The number of para-hydroxylation sites is 1. The van der Waals surface area contributed by atoms with Gasteiger partial charge in [0.1, 0.15) is 0 Å². The van der Waals surface area contributed by atoms with E-state index in [1.54, 1.807) is 0 Å². The van der Waals surface area contributed by atoms with Crippen molar-refractivity contribution in [2.75, 3.05) is 11.9 Å². The van der Waals surface area contributed by atoms with Gasteiger partial charge in [0.25, 0.3) is 0 Å². The Kier molecular flexibility index (Phi) is 4.80. The summed E-state index contributed by atoms with van der Waals surface area (Å²) in [5.41, 5.74) is 8.97. The van der Waals surface area contributed by atoms with Crippen molar-refractivity contribution in [1.29, 1.82) is 0 Å². The lowest BCUT2D eigenvalue weighted by atomic mass is 9.86. The minimum absolute atomic E-state index is 0.121. The summed E-state index contributed by atoms with van der Waals surface area (Å²) < 4.78 is 0. The first-order valence-electron chi connectivity index (χ1n) is 6.86. The van der Waals surface area contributed by atoms with E-state index >= 15 is 0 Å². The first-order valence-corrected chi connectivity index (χ1v) is 6.86. The third-order valence-corrected chi connectivity index (χ3v) is 3.99. The molecule has 2 nitrogen and oxygen atoms in total. The molecule has 0 aliphatic rings. The van der Waals surface area contributed by atoms with Crippen LogP contribution in [0.15, 0.2) is 24.3 Å². The van der Waals surface area contributed by atoms with Crippen molar-refractivity contribution < 1.29 is 0 Å². The van der Waals surface area contributed by atoms with Crippen molar-refractivity contribution in [3.63, 3.8) is 0 Å². The molecule has 2 N–H and O–H groups in total. The normalized spacial score (nSPS) is 15.3. The van der Waals surface area contributed by atoms with Gasteiger partial charge in [-0.05, 0) is 30.4 Å². The summed E-state index contributed by atoms with van der Waals surface area (Å²) in [6.45, 7) is 11.2. The number of hydrogen-bond acceptors (Lipinski definition) is 2. The maximum Gasteiger partial charge on any atom is 0.0414 e. The fourth-order valence-electron chi connectivity index (χ4n) is 2.13. The second-order valence-electron chi connectivity index (χ2n) is 6.23. The Morgan fingerprint density at radius 2 is 1.78 bits per heavy atom. The maximum absolute atomic E-state index is 6.22. The standard InChI is InChI=1S/C16H28N2/c1-7-14(17)13-10-8-9-11-15(13)18(6)12(2)16(3,4)5/h8-12,14H,7,17H2,1-6H3. The second kappa shape index (κ2) is 5.75. The molecule has 0 heterocycles. The van der Waals surface area contributed by atoms with Gasteiger partial charge >= 0.3 is 0 Å². The summed E-state index contributed by atoms with van der Waals surface area (Å²) in [6.07, 6.45) is 0.967. The minimum Gasteiger partial charge on any atom is -0.371 e. The van der Waals surface area contributed by atoms with E-state index in [9.17, 15) is 0 Å². The molecule has 102 valence electrons. The zero-order chi connectivity index (χ0) is 13.9. The van der Waals surface area contributed by atoms with Gasteiger partial charge in [-0.3, -0.25) is 0 Å². The Morgan fingerprint density at radius 3 is 2.28 bits per heavy atom. The molecule has 1 aromatic rings. The summed E-state index contributed by atoms with van der Waals surface area (Å²) in [5.74, 6) is 0. The Labute approximate surface area is 112 Å². The third-order valence-electron chi connectivity index (χ3n) is 3.99. The number of benzene rings is 1. The number of nitrogens with two attached hydrogens (primary N) is 1. The van der Waals surface area contributed by atoms with Gasteiger partial charge in [0.15, 0.2) is 0 Å². The molecule has 0 saturated carbocycles. The van der Waals surface area contributed by atoms with Crippen molar-refractivity contribution in [2.45, 2.75) is 53.1 Å². The molecule has 2 unspecified atom stereocenters. The highest BCUT2D eigenvalue weighted by molar-refractivity contribution is 5.55. The van der Waals surface area contributed by atoms with Crippen molar-refractivity contribution in [1.82, 2.24) is 0 Å². The Balaban J connectivity index is 3.09. The smallest absolute Gasteiger partial charge is 0.0414 e. The lowest BCUT2D eigenvalue weighted by molar-refractivity contribution is 0.329. The van der Waals surface area contributed by atoms with E-state index in [0.717, 1.165) is 6.42 Å². The molecular weight excluding hydrogens is 220 g/mol. The Hall–Kier alpha value is -1.02. The molecule has 0 saturated heterocycles. The summed E-state index contributed by atoms with van der Waals surface area (Å²) in [5, 5.41) is 0. The summed E-state index contributed by atoms with van der Waals surface area (Å²) in [4.78, 5) is 2.35. The monoisotopic (exact) mass is 248 g/mol. The molecule has 1 rings (SSSR count). The second-order valence-corrected chi connectivity index (χ2v) is 6.23. The molecule has 0 aliphatic carbocycles. The molecule has 2 atom stereocenters. The van der Waals surface area contributed by atoms with Crippen molar-refractivity contribution in [3.05, 3.63) is 29.8 Å². The van der Waals surface area contributed by atoms with Crippen LogP contribution in [-0.4, -0.2) is 13.1 Å². The largest absolute Gasteiger partial charge is 0.371 e. The number of rotatable bonds is 4. The molecular formula is C16H28N2. The topological polar surface area (TPSA) is 29.3 Å². The highest BCUT2D eigenvalue weighted by Gasteiger charge is 2.25. The van der Waals surface area contributed by atoms with E-state index in [4.69, 9.17) is 5.73 Å². The third kappa shape index (κ3) is 3.26. The average Bonchev–Trinajstić information content (AvgIpc) is 2.35. The molecule has 18 heavy (non-hydrogen) atoms. The van der Waals surface area contributed by atoms with Crippen LogP contribution in [0.3, 0.4) is 0 Å². The fourth-order valence-corrected chi connectivity index (χ4v) is 2.13. The van der Waals surface area contributed by atoms with Crippen molar-refractivity contribution >= 4 is 5.69 Å². The Morgan fingerprint density at radius 1 is 1.22 bits per heavy atom. The van der Waals surface area contributed by atoms with Crippen LogP contribution in [0.4, 0.5) is 5.69 Å². The highest BCUT2D eigenvalue weighted by Crippen LogP contribution is 2.32. The van der Waals surface area contributed by atoms with Crippen LogP contribution in [0.25, 0.3) is 0 Å². The molecule has 0 amide bonds. The average molecular weight is 248 g/mol.